The standard InChI is InChI=1S/C13H21N5O3S/c1-5-13(4,8-22(14,19)20)7-21-12-9(2)6-11-15-10(3)16-18(11)17-12/h6H,5,7-8H2,1-4H3,(H2,14,19,20). The molecule has 1 atom stereocenters. The number of fused-ring (bicyclic) bond motifs is 1. The number of primary sulfonamides is 1. The number of hydrogen-bond acceptors (Lipinski definition) is 6. The molecule has 0 fully saturated rings. The van der Waals surface area contributed by atoms with Gasteiger partial charge in [0.1, 0.15) is 5.82 Å². The fourth-order valence-corrected chi connectivity index (χ4v) is 3.38. The maximum atomic E-state index is 11.3. The highest BCUT2D eigenvalue weighted by atomic mass is 32.2. The second-order valence-electron chi connectivity index (χ2n) is 5.90. The molecule has 2 aromatic heterocycles. The number of ether oxygens (including phenoxy) is 1. The number of aryl methyl sites for hydroxylation is 2. The Morgan fingerprint density at radius 2 is 2.05 bits per heavy atom. The van der Waals surface area contributed by atoms with Crippen molar-refractivity contribution in [1.29, 1.82) is 0 Å². The second kappa shape index (κ2) is 5.81. The van der Waals surface area contributed by atoms with Crippen LogP contribution in [-0.4, -0.2) is 40.6 Å². The average Bonchev–Trinajstić information content (AvgIpc) is 2.73. The lowest BCUT2D eigenvalue weighted by Crippen LogP contribution is -2.35. The monoisotopic (exact) mass is 327 g/mol. The normalized spacial score (nSPS) is 15.0. The Labute approximate surface area is 129 Å². The van der Waals surface area contributed by atoms with Gasteiger partial charge in [0, 0.05) is 11.0 Å². The van der Waals surface area contributed by atoms with Crippen LogP contribution in [0.3, 0.4) is 0 Å². The number of sulfonamides is 1. The molecule has 2 rings (SSSR count). The van der Waals surface area contributed by atoms with E-state index in [0.29, 0.717) is 23.8 Å². The molecule has 0 aromatic carbocycles. The van der Waals surface area contributed by atoms with Crippen molar-refractivity contribution in [2.45, 2.75) is 34.1 Å². The molecule has 0 bridgehead atoms. The van der Waals surface area contributed by atoms with Gasteiger partial charge in [0.05, 0.1) is 12.4 Å². The van der Waals surface area contributed by atoms with Crippen LogP contribution in [0, 0.1) is 19.3 Å². The largest absolute Gasteiger partial charge is 0.476 e. The van der Waals surface area contributed by atoms with E-state index in [-0.39, 0.29) is 12.4 Å². The molecule has 122 valence electrons. The van der Waals surface area contributed by atoms with Gasteiger partial charge in [0.2, 0.25) is 15.9 Å². The molecular weight excluding hydrogens is 306 g/mol. The highest BCUT2D eigenvalue weighted by molar-refractivity contribution is 7.89. The maximum Gasteiger partial charge on any atom is 0.236 e. The van der Waals surface area contributed by atoms with Crippen molar-refractivity contribution in [2.75, 3.05) is 12.4 Å². The van der Waals surface area contributed by atoms with Crippen molar-refractivity contribution in [3.8, 4) is 5.88 Å². The fraction of sp³-hybridized carbons (Fsp3) is 0.615. The first-order chi connectivity index (χ1) is 10.1. The van der Waals surface area contributed by atoms with Crippen LogP contribution in [0.25, 0.3) is 5.65 Å². The van der Waals surface area contributed by atoms with Gasteiger partial charge in [-0.05, 0) is 26.3 Å². The predicted molar refractivity (Wildman–Crippen MR) is 82.1 cm³/mol. The Morgan fingerprint density at radius 3 is 2.64 bits per heavy atom. The van der Waals surface area contributed by atoms with Gasteiger partial charge in [-0.25, -0.2) is 18.5 Å². The SMILES string of the molecule is CCC(C)(COc1nn2nc(C)nc2cc1C)CS(N)(=O)=O. The Balaban J connectivity index is 2.21. The summed E-state index contributed by atoms with van der Waals surface area (Å²) in [6.45, 7) is 7.57. The lowest BCUT2D eigenvalue weighted by atomic mass is 9.91. The summed E-state index contributed by atoms with van der Waals surface area (Å²) in [5.41, 5.74) is 0.883. The fourth-order valence-electron chi connectivity index (χ4n) is 2.12. The van der Waals surface area contributed by atoms with Gasteiger partial charge in [-0.2, -0.15) is 0 Å². The second-order valence-corrected chi connectivity index (χ2v) is 7.51. The lowest BCUT2D eigenvalue weighted by Gasteiger charge is -2.26. The van der Waals surface area contributed by atoms with Crippen LogP contribution in [0.15, 0.2) is 6.07 Å². The van der Waals surface area contributed by atoms with Gasteiger partial charge in [-0.3, -0.25) is 0 Å². The van der Waals surface area contributed by atoms with E-state index in [9.17, 15) is 8.42 Å². The highest BCUT2D eigenvalue weighted by Gasteiger charge is 2.29. The third-order valence-electron chi connectivity index (χ3n) is 3.55. The average molecular weight is 327 g/mol. The van der Waals surface area contributed by atoms with E-state index in [1.165, 1.54) is 4.63 Å². The minimum Gasteiger partial charge on any atom is -0.476 e. The number of nitrogens with two attached hydrogens (primary N) is 1. The summed E-state index contributed by atoms with van der Waals surface area (Å²) in [5, 5.41) is 13.6. The molecule has 0 aliphatic carbocycles. The Hall–Kier alpha value is -1.74. The Morgan fingerprint density at radius 1 is 1.36 bits per heavy atom. The molecule has 1 unspecified atom stereocenters. The molecule has 9 heteroatoms. The molecule has 2 N–H and O–H groups in total. The van der Waals surface area contributed by atoms with Gasteiger partial charge in [-0.1, -0.05) is 13.8 Å². The number of rotatable bonds is 6. The van der Waals surface area contributed by atoms with Gasteiger partial charge in [0.25, 0.3) is 0 Å². The zero-order valence-electron chi connectivity index (χ0n) is 13.2. The summed E-state index contributed by atoms with van der Waals surface area (Å²) in [7, 11) is -3.57. The Bertz CT molecular complexity index is 786. The molecule has 0 aliphatic heterocycles. The smallest absolute Gasteiger partial charge is 0.236 e. The van der Waals surface area contributed by atoms with E-state index in [2.05, 4.69) is 15.2 Å². The molecule has 0 spiro atoms. The first kappa shape index (κ1) is 16.6. The van der Waals surface area contributed by atoms with E-state index in [1.54, 1.807) is 6.92 Å². The predicted octanol–water partition coefficient (Wildman–Crippen LogP) is 0.825. The molecular formula is C13H21N5O3S. The van der Waals surface area contributed by atoms with Gasteiger partial charge >= 0.3 is 0 Å². The zero-order chi connectivity index (χ0) is 16.5. The van der Waals surface area contributed by atoms with Crippen LogP contribution in [0.1, 0.15) is 31.7 Å². The van der Waals surface area contributed by atoms with Gasteiger partial charge in [-0.15, -0.1) is 14.8 Å². The van der Waals surface area contributed by atoms with Crippen molar-refractivity contribution in [3.63, 3.8) is 0 Å². The van der Waals surface area contributed by atoms with Gasteiger partial charge in [0.15, 0.2) is 5.65 Å². The van der Waals surface area contributed by atoms with E-state index in [4.69, 9.17) is 9.88 Å². The van der Waals surface area contributed by atoms with Crippen LogP contribution in [0.5, 0.6) is 5.88 Å². The molecule has 0 saturated carbocycles. The summed E-state index contributed by atoms with van der Waals surface area (Å²) >= 11 is 0. The minimum atomic E-state index is -3.57. The zero-order valence-corrected chi connectivity index (χ0v) is 14.0. The van der Waals surface area contributed by atoms with Crippen molar-refractivity contribution in [3.05, 3.63) is 17.5 Å². The van der Waals surface area contributed by atoms with Crippen molar-refractivity contribution in [1.82, 2.24) is 19.8 Å². The summed E-state index contributed by atoms with van der Waals surface area (Å²) in [5.74, 6) is 0.892. The van der Waals surface area contributed by atoms with Crippen LogP contribution in [-0.2, 0) is 10.0 Å². The van der Waals surface area contributed by atoms with E-state index >= 15 is 0 Å². The summed E-state index contributed by atoms with van der Waals surface area (Å²) < 4.78 is 29.8. The Kier molecular flexibility index (Phi) is 4.39. The molecule has 0 aliphatic rings. The first-order valence-electron chi connectivity index (χ1n) is 6.96. The number of hydrogen-bond donors (Lipinski definition) is 1. The van der Waals surface area contributed by atoms with Gasteiger partial charge < -0.3 is 4.74 Å². The topological polar surface area (TPSA) is 112 Å². The van der Waals surface area contributed by atoms with Crippen LogP contribution < -0.4 is 9.88 Å². The number of nitrogens with zero attached hydrogens (tertiary/aromatic N) is 4. The molecule has 0 radical (unpaired) electrons. The third-order valence-corrected chi connectivity index (χ3v) is 4.65. The first-order valence-corrected chi connectivity index (χ1v) is 8.68. The van der Waals surface area contributed by atoms with Crippen LogP contribution >= 0.6 is 0 Å². The molecule has 8 nitrogen and oxygen atoms in total. The molecule has 2 aromatic rings. The molecule has 2 heterocycles. The summed E-state index contributed by atoms with van der Waals surface area (Å²) in [6, 6.07) is 1.82. The molecule has 22 heavy (non-hydrogen) atoms. The summed E-state index contributed by atoms with van der Waals surface area (Å²) in [4.78, 5) is 4.23. The van der Waals surface area contributed by atoms with E-state index < -0.39 is 15.4 Å². The summed E-state index contributed by atoms with van der Waals surface area (Å²) in [6.07, 6.45) is 0.618. The minimum absolute atomic E-state index is 0.139. The third kappa shape index (κ3) is 3.92. The van der Waals surface area contributed by atoms with Crippen molar-refractivity contribution < 1.29 is 13.2 Å². The van der Waals surface area contributed by atoms with Crippen LogP contribution in [0.2, 0.25) is 0 Å². The maximum absolute atomic E-state index is 11.3. The molecule has 0 amide bonds. The number of aromatic nitrogens is 4. The highest BCUT2D eigenvalue weighted by Crippen LogP contribution is 2.25. The van der Waals surface area contributed by atoms with Crippen LogP contribution in [0.4, 0.5) is 0 Å². The van der Waals surface area contributed by atoms with Crippen molar-refractivity contribution >= 4 is 15.7 Å². The van der Waals surface area contributed by atoms with E-state index in [1.807, 2.05) is 26.8 Å². The lowest BCUT2D eigenvalue weighted by molar-refractivity contribution is 0.169. The quantitative estimate of drug-likeness (QED) is 0.840. The van der Waals surface area contributed by atoms with E-state index in [0.717, 1.165) is 5.56 Å². The molecule has 0 saturated heterocycles. The van der Waals surface area contributed by atoms with Crippen molar-refractivity contribution in [2.24, 2.45) is 10.6 Å².